The van der Waals surface area contributed by atoms with Crippen LogP contribution in [0.1, 0.15) is 5.56 Å². The molecule has 5 nitrogen and oxygen atoms in total. The number of hydrogen-bond acceptors (Lipinski definition) is 5. The van der Waals surface area contributed by atoms with Crippen molar-refractivity contribution in [2.45, 2.75) is 16.5 Å². The third kappa shape index (κ3) is 2.30. The van der Waals surface area contributed by atoms with E-state index in [-0.39, 0.29) is 0 Å². The fourth-order valence-electron chi connectivity index (χ4n) is 1.75. The SMILES string of the molecule is NCc1cccc(Cl)c1Sc1ncnc2nc[nH]c12. The third-order valence-corrected chi connectivity index (χ3v) is 4.27. The topological polar surface area (TPSA) is 80.5 Å². The van der Waals surface area contributed by atoms with Gasteiger partial charge in [0.15, 0.2) is 5.65 Å². The van der Waals surface area contributed by atoms with E-state index in [1.54, 1.807) is 6.33 Å². The van der Waals surface area contributed by atoms with Gasteiger partial charge in [-0.2, -0.15) is 0 Å². The van der Waals surface area contributed by atoms with E-state index in [0.717, 1.165) is 21.0 Å². The number of nitrogens with zero attached hydrogens (tertiary/aromatic N) is 3. The Balaban J connectivity index is 2.08. The normalized spacial score (nSPS) is 11.1. The highest BCUT2D eigenvalue weighted by Crippen LogP contribution is 2.36. The van der Waals surface area contributed by atoms with Crippen LogP contribution in [0.4, 0.5) is 0 Å². The molecule has 3 rings (SSSR count). The van der Waals surface area contributed by atoms with Crippen LogP contribution < -0.4 is 5.73 Å². The Kier molecular flexibility index (Phi) is 3.37. The first-order valence-corrected chi connectivity index (χ1v) is 6.78. The number of halogens is 1. The van der Waals surface area contributed by atoms with Crippen LogP contribution in [0.25, 0.3) is 11.2 Å². The molecule has 1 aromatic carbocycles. The number of rotatable bonds is 3. The maximum atomic E-state index is 6.24. The molecule has 7 heteroatoms. The van der Waals surface area contributed by atoms with Gasteiger partial charge < -0.3 is 10.7 Å². The monoisotopic (exact) mass is 291 g/mol. The predicted octanol–water partition coefficient (Wildman–Crippen LogP) is 2.62. The maximum Gasteiger partial charge on any atom is 0.181 e. The number of imidazole rings is 1. The minimum atomic E-state index is 0.431. The molecule has 0 bridgehead atoms. The summed E-state index contributed by atoms with van der Waals surface area (Å²) in [4.78, 5) is 16.4. The van der Waals surface area contributed by atoms with Crippen LogP contribution in [0.2, 0.25) is 5.02 Å². The van der Waals surface area contributed by atoms with Crippen LogP contribution in [0.5, 0.6) is 0 Å². The van der Waals surface area contributed by atoms with E-state index in [2.05, 4.69) is 19.9 Å². The van der Waals surface area contributed by atoms with Crippen LogP contribution in [0.15, 0.2) is 40.8 Å². The average Bonchev–Trinajstić information content (AvgIpc) is 2.90. The second-order valence-corrected chi connectivity index (χ2v) is 5.22. The van der Waals surface area contributed by atoms with Gasteiger partial charge >= 0.3 is 0 Å². The first-order valence-electron chi connectivity index (χ1n) is 5.59. The van der Waals surface area contributed by atoms with E-state index < -0.39 is 0 Å². The van der Waals surface area contributed by atoms with E-state index in [0.29, 0.717) is 17.2 Å². The Bertz CT molecular complexity index is 727. The molecule has 0 aliphatic heterocycles. The summed E-state index contributed by atoms with van der Waals surface area (Å²) >= 11 is 7.70. The van der Waals surface area contributed by atoms with Crippen LogP contribution in [-0.4, -0.2) is 19.9 Å². The van der Waals surface area contributed by atoms with Crippen LogP contribution >= 0.6 is 23.4 Å². The summed E-state index contributed by atoms with van der Waals surface area (Å²) in [5.41, 5.74) is 8.17. The molecule has 3 N–H and O–H groups in total. The standard InChI is InChI=1S/C12H10ClN5S/c13-8-3-1-2-7(4-14)10(8)19-12-9-11(16-5-15-9)17-6-18-12/h1-3,5-6H,4,14H2,(H,15,16,17,18). The van der Waals surface area contributed by atoms with Crippen LogP contribution in [-0.2, 0) is 6.54 Å². The largest absolute Gasteiger partial charge is 0.341 e. The molecule has 0 atom stereocenters. The maximum absolute atomic E-state index is 6.24. The Hall–Kier alpha value is -1.63. The number of nitrogens with one attached hydrogen (secondary N) is 1. The highest BCUT2D eigenvalue weighted by atomic mass is 35.5. The van der Waals surface area contributed by atoms with Gasteiger partial charge in [0.1, 0.15) is 16.9 Å². The van der Waals surface area contributed by atoms with Gasteiger partial charge in [-0.1, -0.05) is 35.5 Å². The highest BCUT2D eigenvalue weighted by molar-refractivity contribution is 7.99. The molecule has 0 unspecified atom stereocenters. The van der Waals surface area contributed by atoms with Crippen molar-refractivity contribution in [1.82, 2.24) is 19.9 Å². The molecule has 2 aromatic heterocycles. The Morgan fingerprint density at radius 2 is 2.16 bits per heavy atom. The molecule has 0 saturated carbocycles. The summed E-state index contributed by atoms with van der Waals surface area (Å²) in [5.74, 6) is 0. The molecule has 96 valence electrons. The summed E-state index contributed by atoms with van der Waals surface area (Å²) in [6, 6.07) is 5.69. The van der Waals surface area contributed by atoms with Crippen molar-refractivity contribution in [2.24, 2.45) is 5.73 Å². The van der Waals surface area contributed by atoms with E-state index in [9.17, 15) is 0 Å². The van der Waals surface area contributed by atoms with Crippen LogP contribution in [0.3, 0.4) is 0 Å². The predicted molar refractivity (Wildman–Crippen MR) is 75.2 cm³/mol. The zero-order valence-corrected chi connectivity index (χ0v) is 11.4. The van der Waals surface area contributed by atoms with Crippen molar-refractivity contribution in [1.29, 1.82) is 0 Å². The summed E-state index contributed by atoms with van der Waals surface area (Å²) in [6.45, 7) is 0.431. The molecule has 0 saturated heterocycles. The smallest absolute Gasteiger partial charge is 0.181 e. The zero-order chi connectivity index (χ0) is 13.2. The molecule has 2 heterocycles. The number of hydrogen-bond donors (Lipinski definition) is 2. The lowest BCUT2D eigenvalue weighted by Crippen LogP contribution is -1.99. The van der Waals surface area contributed by atoms with Crippen molar-refractivity contribution >= 4 is 34.5 Å². The lowest BCUT2D eigenvalue weighted by atomic mass is 10.2. The fourth-order valence-corrected chi connectivity index (χ4v) is 3.05. The van der Waals surface area contributed by atoms with Crippen molar-refractivity contribution in [3.8, 4) is 0 Å². The molecular weight excluding hydrogens is 282 g/mol. The first kappa shape index (κ1) is 12.4. The average molecular weight is 292 g/mol. The van der Waals surface area contributed by atoms with Crippen molar-refractivity contribution < 1.29 is 0 Å². The number of aromatic amines is 1. The summed E-state index contributed by atoms with van der Waals surface area (Å²) in [6.07, 6.45) is 3.09. The van der Waals surface area contributed by atoms with E-state index in [4.69, 9.17) is 17.3 Å². The van der Waals surface area contributed by atoms with E-state index in [1.165, 1.54) is 18.1 Å². The fraction of sp³-hybridized carbons (Fsp3) is 0.0833. The number of H-pyrrole nitrogens is 1. The Morgan fingerprint density at radius 1 is 1.26 bits per heavy atom. The molecule has 0 aliphatic carbocycles. The van der Waals surface area contributed by atoms with Crippen LogP contribution in [0, 0.1) is 0 Å². The second kappa shape index (κ2) is 5.16. The minimum absolute atomic E-state index is 0.431. The van der Waals surface area contributed by atoms with Gasteiger partial charge in [0, 0.05) is 11.4 Å². The van der Waals surface area contributed by atoms with E-state index >= 15 is 0 Å². The quantitative estimate of drug-likeness (QED) is 0.725. The zero-order valence-electron chi connectivity index (χ0n) is 9.80. The van der Waals surface area contributed by atoms with Gasteiger partial charge in [-0.05, 0) is 11.6 Å². The Morgan fingerprint density at radius 3 is 3.00 bits per heavy atom. The van der Waals surface area contributed by atoms with Gasteiger partial charge in [-0.25, -0.2) is 15.0 Å². The number of nitrogens with two attached hydrogens (primary N) is 1. The number of fused-ring (bicyclic) bond motifs is 1. The minimum Gasteiger partial charge on any atom is -0.341 e. The summed E-state index contributed by atoms with van der Waals surface area (Å²) < 4.78 is 0. The van der Waals surface area contributed by atoms with E-state index in [1.807, 2.05) is 18.2 Å². The summed E-state index contributed by atoms with van der Waals surface area (Å²) in [5, 5.41) is 1.45. The number of aromatic nitrogens is 4. The molecule has 0 spiro atoms. The first-order chi connectivity index (χ1) is 9.29. The summed E-state index contributed by atoms with van der Waals surface area (Å²) in [7, 11) is 0. The van der Waals surface area contributed by atoms with Crippen molar-refractivity contribution in [3.63, 3.8) is 0 Å². The Labute approximate surface area is 118 Å². The van der Waals surface area contributed by atoms with Gasteiger partial charge in [0.2, 0.25) is 0 Å². The van der Waals surface area contributed by atoms with Gasteiger partial charge in [-0.15, -0.1) is 0 Å². The van der Waals surface area contributed by atoms with Gasteiger partial charge in [0.25, 0.3) is 0 Å². The molecule has 0 radical (unpaired) electrons. The molecule has 0 fully saturated rings. The van der Waals surface area contributed by atoms with Crippen molar-refractivity contribution in [2.75, 3.05) is 0 Å². The number of benzene rings is 1. The third-order valence-electron chi connectivity index (χ3n) is 2.66. The molecule has 3 aromatic rings. The second-order valence-electron chi connectivity index (χ2n) is 3.81. The van der Waals surface area contributed by atoms with Gasteiger partial charge in [-0.3, -0.25) is 0 Å². The molecule has 19 heavy (non-hydrogen) atoms. The molecular formula is C12H10ClN5S. The lowest BCUT2D eigenvalue weighted by Gasteiger charge is -2.09. The molecule has 0 aliphatic rings. The highest BCUT2D eigenvalue weighted by Gasteiger charge is 2.12. The van der Waals surface area contributed by atoms with Gasteiger partial charge in [0.05, 0.1) is 11.3 Å². The van der Waals surface area contributed by atoms with Crippen molar-refractivity contribution in [3.05, 3.63) is 41.4 Å². The lowest BCUT2D eigenvalue weighted by molar-refractivity contribution is 1.02. The molecule has 0 amide bonds.